The molecule has 0 aliphatic carbocycles. The number of benzene rings is 1. The van der Waals surface area contributed by atoms with Gasteiger partial charge in [-0.3, -0.25) is 4.79 Å². The fraction of sp³-hybridized carbons (Fsp3) is 0.444. The van der Waals surface area contributed by atoms with E-state index in [1.165, 1.54) is 4.31 Å². The lowest BCUT2D eigenvalue weighted by Gasteiger charge is -2.20. The molecular formula is C18H27N5O4S. The molecule has 0 saturated carbocycles. The summed E-state index contributed by atoms with van der Waals surface area (Å²) in [5.74, 6) is 0.592. The molecule has 0 spiro atoms. The molecule has 0 fully saturated rings. The van der Waals surface area contributed by atoms with Crippen LogP contribution >= 0.6 is 0 Å². The number of nitrogens with zero attached hydrogens (tertiary/aromatic N) is 2. The van der Waals surface area contributed by atoms with Gasteiger partial charge in [-0.1, -0.05) is 19.0 Å². The van der Waals surface area contributed by atoms with Gasteiger partial charge in [-0.25, -0.2) is 8.42 Å². The van der Waals surface area contributed by atoms with Crippen LogP contribution in [0.4, 0.5) is 17.2 Å². The first-order chi connectivity index (χ1) is 13.3. The van der Waals surface area contributed by atoms with Gasteiger partial charge in [0.05, 0.1) is 22.8 Å². The fourth-order valence-corrected chi connectivity index (χ4v) is 4.16. The van der Waals surface area contributed by atoms with Crippen LogP contribution in [0.1, 0.15) is 26.5 Å². The maximum atomic E-state index is 12.8. The Hall–Kier alpha value is -2.59. The highest BCUT2D eigenvalue weighted by Gasteiger charge is 2.22. The number of sulfonamides is 1. The van der Waals surface area contributed by atoms with E-state index >= 15 is 0 Å². The van der Waals surface area contributed by atoms with Gasteiger partial charge in [0.1, 0.15) is 5.76 Å². The van der Waals surface area contributed by atoms with Gasteiger partial charge in [0.25, 0.3) is 0 Å². The zero-order valence-corrected chi connectivity index (χ0v) is 17.4. The number of nitrogens with one attached hydrogen (secondary N) is 3. The Labute approximate surface area is 165 Å². The van der Waals surface area contributed by atoms with Crippen molar-refractivity contribution in [2.45, 2.75) is 32.6 Å². The third-order valence-electron chi connectivity index (χ3n) is 4.04. The number of carbonyl (C=O) groups is 1. The lowest BCUT2D eigenvalue weighted by Crippen LogP contribution is -2.30. The lowest BCUT2D eigenvalue weighted by atomic mass is 10.2. The number of anilines is 3. The standard InChI is InChI=1S/C18H27N5O4S/c1-5-19-15-9-8-14(28(25,26)23(6-2)7-3)11-16(15)20-12-18(24)21-17-10-13(4)27-22-17/h8-11,19-20H,5-7,12H2,1-4H3,(H,21,22,24). The second-order valence-electron chi connectivity index (χ2n) is 6.05. The Bertz CT molecular complexity index is 906. The smallest absolute Gasteiger partial charge is 0.244 e. The van der Waals surface area contributed by atoms with Gasteiger partial charge in [0.15, 0.2) is 5.82 Å². The van der Waals surface area contributed by atoms with Crippen LogP contribution in [0.2, 0.25) is 0 Å². The van der Waals surface area contributed by atoms with Gasteiger partial charge in [0.2, 0.25) is 15.9 Å². The van der Waals surface area contributed by atoms with E-state index in [1.807, 2.05) is 6.92 Å². The fourth-order valence-electron chi connectivity index (χ4n) is 2.68. The summed E-state index contributed by atoms with van der Waals surface area (Å²) in [6, 6.07) is 6.41. The highest BCUT2D eigenvalue weighted by atomic mass is 32.2. The van der Waals surface area contributed by atoms with Crippen LogP contribution in [0.25, 0.3) is 0 Å². The maximum Gasteiger partial charge on any atom is 0.244 e. The molecule has 0 unspecified atom stereocenters. The molecule has 1 aromatic carbocycles. The number of aromatic nitrogens is 1. The summed E-state index contributed by atoms with van der Waals surface area (Å²) >= 11 is 0. The van der Waals surface area contributed by atoms with E-state index in [2.05, 4.69) is 21.1 Å². The van der Waals surface area contributed by atoms with Crippen molar-refractivity contribution in [3.05, 3.63) is 30.0 Å². The summed E-state index contributed by atoms with van der Waals surface area (Å²) in [6.45, 7) is 8.62. The molecule has 2 rings (SSSR count). The molecule has 0 bridgehead atoms. The molecule has 0 radical (unpaired) electrons. The van der Waals surface area contributed by atoms with E-state index in [0.29, 0.717) is 42.6 Å². The first-order valence-corrected chi connectivity index (χ1v) is 10.6. The zero-order chi connectivity index (χ0) is 20.7. The van der Waals surface area contributed by atoms with Gasteiger partial charge in [-0.2, -0.15) is 4.31 Å². The second kappa shape index (κ2) is 9.56. The van der Waals surface area contributed by atoms with Crippen molar-refractivity contribution in [1.82, 2.24) is 9.46 Å². The third kappa shape index (κ3) is 5.23. The molecule has 1 heterocycles. The molecule has 28 heavy (non-hydrogen) atoms. The minimum absolute atomic E-state index is 0.0565. The molecular weight excluding hydrogens is 382 g/mol. The molecule has 1 aromatic heterocycles. The van der Waals surface area contributed by atoms with E-state index in [4.69, 9.17) is 4.52 Å². The van der Waals surface area contributed by atoms with Gasteiger partial charge in [0, 0.05) is 25.7 Å². The number of rotatable bonds is 10. The SMILES string of the molecule is CCNc1ccc(S(=O)(=O)N(CC)CC)cc1NCC(=O)Nc1cc(C)on1. The van der Waals surface area contributed by atoms with Crippen molar-refractivity contribution in [2.75, 3.05) is 42.1 Å². The minimum atomic E-state index is -3.60. The summed E-state index contributed by atoms with van der Waals surface area (Å²) in [6.07, 6.45) is 0. The molecule has 9 nitrogen and oxygen atoms in total. The number of aryl methyl sites for hydroxylation is 1. The van der Waals surface area contributed by atoms with E-state index < -0.39 is 10.0 Å². The molecule has 0 aliphatic heterocycles. The Kier molecular flexibility index (Phi) is 7.41. The van der Waals surface area contributed by atoms with Crippen molar-refractivity contribution in [1.29, 1.82) is 0 Å². The van der Waals surface area contributed by atoms with E-state index in [0.717, 1.165) is 0 Å². The van der Waals surface area contributed by atoms with Crippen molar-refractivity contribution < 1.29 is 17.7 Å². The topological polar surface area (TPSA) is 117 Å². The zero-order valence-electron chi connectivity index (χ0n) is 16.6. The van der Waals surface area contributed by atoms with Crippen LogP contribution in [0.3, 0.4) is 0 Å². The Morgan fingerprint density at radius 2 is 1.82 bits per heavy atom. The molecule has 1 amide bonds. The maximum absolute atomic E-state index is 12.8. The molecule has 3 N–H and O–H groups in total. The predicted molar refractivity (Wildman–Crippen MR) is 109 cm³/mol. The van der Waals surface area contributed by atoms with Gasteiger partial charge < -0.3 is 20.5 Å². The van der Waals surface area contributed by atoms with Gasteiger partial charge in [-0.15, -0.1) is 0 Å². The molecule has 0 aliphatic rings. The molecule has 10 heteroatoms. The first-order valence-electron chi connectivity index (χ1n) is 9.16. The largest absolute Gasteiger partial charge is 0.384 e. The molecule has 0 atom stereocenters. The normalized spacial score (nSPS) is 11.5. The number of amides is 1. The van der Waals surface area contributed by atoms with Gasteiger partial charge in [-0.05, 0) is 32.0 Å². The van der Waals surface area contributed by atoms with Crippen molar-refractivity contribution in [3.8, 4) is 0 Å². The van der Waals surface area contributed by atoms with Crippen LogP contribution in [0.5, 0.6) is 0 Å². The van der Waals surface area contributed by atoms with Crippen LogP contribution in [0.15, 0.2) is 33.7 Å². The van der Waals surface area contributed by atoms with E-state index in [9.17, 15) is 13.2 Å². The predicted octanol–water partition coefficient (Wildman–Crippen LogP) is 2.50. The summed E-state index contributed by atoms with van der Waals surface area (Å²) in [5.41, 5.74) is 1.24. The van der Waals surface area contributed by atoms with Crippen molar-refractivity contribution >= 4 is 33.1 Å². The molecule has 154 valence electrons. The third-order valence-corrected chi connectivity index (χ3v) is 6.08. The van der Waals surface area contributed by atoms with Crippen LogP contribution in [-0.2, 0) is 14.8 Å². The second-order valence-corrected chi connectivity index (χ2v) is 7.99. The number of carbonyl (C=O) groups excluding carboxylic acids is 1. The number of hydrogen-bond donors (Lipinski definition) is 3. The summed E-state index contributed by atoms with van der Waals surface area (Å²) in [5, 5.41) is 12.5. The number of hydrogen-bond acceptors (Lipinski definition) is 7. The summed E-state index contributed by atoms with van der Waals surface area (Å²) in [4.78, 5) is 12.3. The monoisotopic (exact) mass is 409 g/mol. The Balaban J connectivity index is 2.19. The van der Waals surface area contributed by atoms with Crippen LogP contribution in [-0.4, -0.2) is 50.0 Å². The molecule has 0 saturated heterocycles. The van der Waals surface area contributed by atoms with Crippen molar-refractivity contribution in [2.24, 2.45) is 0 Å². The lowest BCUT2D eigenvalue weighted by molar-refractivity contribution is -0.114. The van der Waals surface area contributed by atoms with E-state index in [-0.39, 0.29) is 17.3 Å². The summed E-state index contributed by atoms with van der Waals surface area (Å²) < 4.78 is 31.9. The van der Waals surface area contributed by atoms with Crippen LogP contribution < -0.4 is 16.0 Å². The average molecular weight is 410 g/mol. The van der Waals surface area contributed by atoms with E-state index in [1.54, 1.807) is 45.0 Å². The Morgan fingerprint density at radius 3 is 2.39 bits per heavy atom. The highest BCUT2D eigenvalue weighted by Crippen LogP contribution is 2.27. The minimum Gasteiger partial charge on any atom is -0.384 e. The molecule has 2 aromatic rings. The van der Waals surface area contributed by atoms with Crippen molar-refractivity contribution in [3.63, 3.8) is 0 Å². The first kappa shape index (κ1) is 21.7. The quantitative estimate of drug-likeness (QED) is 0.552. The summed E-state index contributed by atoms with van der Waals surface area (Å²) in [7, 11) is -3.60. The van der Waals surface area contributed by atoms with Crippen LogP contribution in [0, 0.1) is 6.92 Å². The Morgan fingerprint density at radius 1 is 1.11 bits per heavy atom. The average Bonchev–Trinajstić information content (AvgIpc) is 3.06. The van der Waals surface area contributed by atoms with Gasteiger partial charge >= 0.3 is 0 Å². The highest BCUT2D eigenvalue weighted by molar-refractivity contribution is 7.89.